The van der Waals surface area contributed by atoms with Gasteiger partial charge in [0.1, 0.15) is 11.1 Å². The SMILES string of the molecule is CCOC(=O)/C=C/C1(c2ccc(CN3[C@@H](C)CC[C@H](c4ccccc4)S3(=O)=O)c(F)c2)CC1. The molecule has 0 amide bonds. The fraction of sp³-hybridized carbons (Fsp3) is 0.423. The summed E-state index contributed by atoms with van der Waals surface area (Å²) in [5.74, 6) is -0.828. The number of hydrogen-bond acceptors (Lipinski definition) is 4. The van der Waals surface area contributed by atoms with Gasteiger partial charge in [-0.2, -0.15) is 4.31 Å². The average Bonchev–Trinajstić information content (AvgIpc) is 3.58. The largest absolute Gasteiger partial charge is 0.463 e. The number of nitrogens with zero attached hydrogens (tertiary/aromatic N) is 1. The summed E-state index contributed by atoms with van der Waals surface area (Å²) in [5, 5.41) is -0.611. The predicted octanol–water partition coefficient (Wildman–Crippen LogP) is 5.03. The molecule has 33 heavy (non-hydrogen) atoms. The van der Waals surface area contributed by atoms with Gasteiger partial charge in [0.05, 0.1) is 6.61 Å². The highest BCUT2D eigenvalue weighted by atomic mass is 32.2. The Morgan fingerprint density at radius 1 is 1.18 bits per heavy atom. The number of ether oxygens (including phenoxy) is 1. The highest BCUT2D eigenvalue weighted by Gasteiger charge is 2.43. The standard InChI is InChI=1S/C26H30FNO4S/c1-3-32-25(29)13-14-26(15-16-26)22-11-10-21(23(27)17-22)18-28-19(2)9-12-24(33(28,30)31)20-7-5-4-6-8-20/h4-8,10-11,13-14,17,19,24H,3,9,12,15-16,18H2,1-2H3/b14-13+/t19-,24+/m0/s1. The normalized spacial score (nSPS) is 24.0. The molecule has 7 heteroatoms. The second-order valence-corrected chi connectivity index (χ2v) is 11.0. The van der Waals surface area contributed by atoms with Crippen molar-refractivity contribution >= 4 is 16.0 Å². The zero-order valence-electron chi connectivity index (χ0n) is 19.0. The first-order valence-electron chi connectivity index (χ1n) is 11.5. The molecule has 1 aliphatic carbocycles. The summed E-state index contributed by atoms with van der Waals surface area (Å²) < 4.78 is 48.4. The number of halogens is 1. The minimum absolute atomic E-state index is 0.00458. The van der Waals surface area contributed by atoms with Crippen LogP contribution in [0, 0.1) is 5.82 Å². The van der Waals surface area contributed by atoms with Crippen molar-refractivity contribution < 1.29 is 22.3 Å². The molecule has 1 saturated heterocycles. The molecular weight excluding hydrogens is 441 g/mol. The maximum atomic E-state index is 15.1. The molecule has 2 aromatic rings. The molecule has 0 spiro atoms. The van der Waals surface area contributed by atoms with Crippen LogP contribution >= 0.6 is 0 Å². The van der Waals surface area contributed by atoms with Gasteiger partial charge in [-0.15, -0.1) is 0 Å². The average molecular weight is 472 g/mol. The first-order chi connectivity index (χ1) is 15.8. The van der Waals surface area contributed by atoms with E-state index in [0.717, 1.165) is 30.4 Å². The number of carbonyl (C=O) groups excluding carboxylic acids is 1. The third-order valence-corrected chi connectivity index (χ3v) is 9.13. The zero-order chi connectivity index (χ0) is 23.6. The maximum absolute atomic E-state index is 15.1. The highest BCUT2D eigenvalue weighted by molar-refractivity contribution is 7.89. The molecular formula is C26H30FNO4S. The summed E-state index contributed by atoms with van der Waals surface area (Å²) in [4.78, 5) is 11.7. The maximum Gasteiger partial charge on any atom is 0.330 e. The molecule has 5 nitrogen and oxygen atoms in total. The molecule has 2 aromatic carbocycles. The molecule has 1 aliphatic heterocycles. The summed E-state index contributed by atoms with van der Waals surface area (Å²) in [6.45, 7) is 3.94. The minimum atomic E-state index is -3.63. The van der Waals surface area contributed by atoms with Gasteiger partial charge >= 0.3 is 5.97 Å². The van der Waals surface area contributed by atoms with Crippen molar-refractivity contribution in [1.82, 2.24) is 4.31 Å². The number of carbonyl (C=O) groups is 1. The third kappa shape index (κ3) is 4.89. The molecule has 0 bridgehead atoms. The second-order valence-electron chi connectivity index (χ2n) is 8.96. The Balaban J connectivity index is 1.55. The van der Waals surface area contributed by atoms with Crippen LogP contribution in [0.1, 0.15) is 61.5 Å². The number of esters is 1. The Bertz CT molecular complexity index is 1140. The van der Waals surface area contributed by atoms with Gasteiger partial charge in [0.25, 0.3) is 0 Å². The van der Waals surface area contributed by atoms with Crippen LogP contribution < -0.4 is 0 Å². The lowest BCUT2D eigenvalue weighted by molar-refractivity contribution is -0.137. The van der Waals surface area contributed by atoms with Gasteiger partial charge < -0.3 is 4.74 Å². The molecule has 2 aliphatic rings. The first-order valence-corrected chi connectivity index (χ1v) is 13.0. The van der Waals surface area contributed by atoms with E-state index in [1.165, 1.54) is 16.4 Å². The second kappa shape index (κ2) is 9.39. The number of rotatable bonds is 7. The van der Waals surface area contributed by atoms with Gasteiger partial charge in [-0.25, -0.2) is 17.6 Å². The fourth-order valence-electron chi connectivity index (χ4n) is 4.61. The van der Waals surface area contributed by atoms with Crippen molar-refractivity contribution in [3.05, 3.63) is 83.2 Å². The Kier molecular flexibility index (Phi) is 6.73. The molecule has 2 fully saturated rings. The van der Waals surface area contributed by atoms with Crippen LogP contribution in [0.25, 0.3) is 0 Å². The van der Waals surface area contributed by atoms with E-state index in [0.29, 0.717) is 18.6 Å². The van der Waals surface area contributed by atoms with Gasteiger partial charge in [0.2, 0.25) is 10.0 Å². The predicted molar refractivity (Wildman–Crippen MR) is 125 cm³/mol. The van der Waals surface area contributed by atoms with Crippen LogP contribution in [-0.2, 0) is 31.5 Å². The van der Waals surface area contributed by atoms with Gasteiger partial charge in [0, 0.05) is 29.6 Å². The topological polar surface area (TPSA) is 63.7 Å². The van der Waals surface area contributed by atoms with E-state index >= 15 is 4.39 Å². The molecule has 0 unspecified atom stereocenters. The minimum Gasteiger partial charge on any atom is -0.463 e. The number of allylic oxidation sites excluding steroid dienone is 1. The number of benzene rings is 2. The van der Waals surface area contributed by atoms with Crippen LogP contribution in [0.3, 0.4) is 0 Å². The zero-order valence-corrected chi connectivity index (χ0v) is 19.9. The monoisotopic (exact) mass is 471 g/mol. The van der Waals surface area contributed by atoms with Crippen molar-refractivity contribution in [1.29, 1.82) is 0 Å². The Morgan fingerprint density at radius 2 is 1.91 bits per heavy atom. The van der Waals surface area contributed by atoms with E-state index in [-0.39, 0.29) is 18.0 Å². The summed E-state index contributed by atoms with van der Waals surface area (Å²) in [6.07, 6.45) is 6.14. The lowest BCUT2D eigenvalue weighted by atomic mass is 9.94. The number of sulfonamides is 1. The molecule has 1 heterocycles. The molecule has 4 rings (SSSR count). The summed E-state index contributed by atoms with van der Waals surface area (Å²) in [5.41, 5.74) is 1.57. The van der Waals surface area contributed by atoms with Crippen LogP contribution in [-0.4, -0.2) is 31.3 Å². The van der Waals surface area contributed by atoms with Crippen LogP contribution in [0.5, 0.6) is 0 Å². The lowest BCUT2D eigenvalue weighted by Gasteiger charge is -2.37. The van der Waals surface area contributed by atoms with E-state index in [4.69, 9.17) is 4.74 Å². The van der Waals surface area contributed by atoms with E-state index in [9.17, 15) is 13.2 Å². The Labute approximate surface area is 195 Å². The van der Waals surface area contributed by atoms with Crippen molar-refractivity contribution in [3.8, 4) is 0 Å². The molecule has 0 N–H and O–H groups in total. The Morgan fingerprint density at radius 3 is 2.55 bits per heavy atom. The smallest absolute Gasteiger partial charge is 0.330 e. The van der Waals surface area contributed by atoms with Gasteiger partial charge in [0.15, 0.2) is 0 Å². The quantitative estimate of drug-likeness (QED) is 0.420. The van der Waals surface area contributed by atoms with Gasteiger partial charge in [-0.05, 0) is 56.7 Å². The van der Waals surface area contributed by atoms with Crippen LogP contribution in [0.2, 0.25) is 0 Å². The Hall–Kier alpha value is -2.51. The third-order valence-electron chi connectivity index (χ3n) is 6.76. The van der Waals surface area contributed by atoms with E-state index in [1.807, 2.05) is 43.3 Å². The molecule has 0 radical (unpaired) electrons. The van der Waals surface area contributed by atoms with Crippen molar-refractivity contribution in [2.45, 2.75) is 62.8 Å². The summed E-state index contributed by atoms with van der Waals surface area (Å²) in [7, 11) is -3.63. The summed E-state index contributed by atoms with van der Waals surface area (Å²) >= 11 is 0. The van der Waals surface area contributed by atoms with Crippen molar-refractivity contribution in [3.63, 3.8) is 0 Å². The van der Waals surface area contributed by atoms with Crippen molar-refractivity contribution in [2.75, 3.05) is 6.61 Å². The molecule has 1 saturated carbocycles. The van der Waals surface area contributed by atoms with Crippen LogP contribution in [0.4, 0.5) is 4.39 Å². The van der Waals surface area contributed by atoms with E-state index < -0.39 is 27.1 Å². The van der Waals surface area contributed by atoms with Crippen molar-refractivity contribution in [2.24, 2.45) is 0 Å². The molecule has 0 aromatic heterocycles. The molecule has 2 atom stereocenters. The van der Waals surface area contributed by atoms with Gasteiger partial charge in [-0.3, -0.25) is 0 Å². The summed E-state index contributed by atoms with van der Waals surface area (Å²) in [6, 6.07) is 14.0. The van der Waals surface area contributed by atoms with Gasteiger partial charge in [-0.1, -0.05) is 48.5 Å². The van der Waals surface area contributed by atoms with E-state index in [2.05, 4.69) is 0 Å². The van der Waals surface area contributed by atoms with Crippen LogP contribution in [0.15, 0.2) is 60.7 Å². The first kappa shape index (κ1) is 23.6. The number of hydrogen-bond donors (Lipinski definition) is 0. The molecule has 176 valence electrons. The van der Waals surface area contributed by atoms with E-state index in [1.54, 1.807) is 19.1 Å². The lowest BCUT2D eigenvalue weighted by Crippen LogP contribution is -2.44. The fourth-order valence-corrected chi connectivity index (χ4v) is 6.80. The highest BCUT2D eigenvalue weighted by Crippen LogP contribution is 2.50.